The van der Waals surface area contributed by atoms with Gasteiger partial charge < -0.3 is 0 Å². The zero-order chi connectivity index (χ0) is 17.2. The van der Waals surface area contributed by atoms with Gasteiger partial charge in [0.1, 0.15) is 5.03 Å². The molecule has 0 saturated heterocycles. The van der Waals surface area contributed by atoms with Crippen LogP contribution in [0.1, 0.15) is 11.1 Å². The Hall–Kier alpha value is -2.37. The van der Waals surface area contributed by atoms with E-state index in [0.717, 1.165) is 38.4 Å². The number of thioether (sulfide) groups is 1. The average molecular weight is 367 g/mol. The first-order valence-electron chi connectivity index (χ1n) is 7.86. The molecular weight excluding hydrogens is 352 g/mol. The lowest BCUT2D eigenvalue weighted by Gasteiger charge is -2.05. The third kappa shape index (κ3) is 3.38. The minimum Gasteiger partial charge on any atom is -0.192 e. The van der Waals surface area contributed by atoms with Crippen LogP contribution in [-0.2, 0) is 5.75 Å². The number of nitrogens with zero attached hydrogens (tertiary/aromatic N) is 4. The summed E-state index contributed by atoms with van der Waals surface area (Å²) in [5.74, 6) is 1.51. The maximum atomic E-state index is 6.23. The highest BCUT2D eigenvalue weighted by Crippen LogP contribution is 2.26. The van der Waals surface area contributed by atoms with E-state index in [9.17, 15) is 0 Å². The van der Waals surface area contributed by atoms with Crippen molar-refractivity contribution in [3.8, 4) is 11.4 Å². The van der Waals surface area contributed by atoms with Crippen molar-refractivity contribution < 1.29 is 0 Å². The van der Waals surface area contributed by atoms with E-state index >= 15 is 0 Å². The molecule has 2 aromatic heterocycles. The van der Waals surface area contributed by atoms with Crippen LogP contribution in [0.2, 0.25) is 5.02 Å². The van der Waals surface area contributed by atoms with E-state index in [1.165, 1.54) is 5.56 Å². The van der Waals surface area contributed by atoms with Crippen LogP contribution < -0.4 is 0 Å². The first-order valence-corrected chi connectivity index (χ1v) is 9.23. The van der Waals surface area contributed by atoms with Gasteiger partial charge in [-0.2, -0.15) is 9.61 Å². The van der Waals surface area contributed by atoms with E-state index in [0.29, 0.717) is 0 Å². The Bertz CT molecular complexity index is 1030. The van der Waals surface area contributed by atoms with Crippen molar-refractivity contribution in [2.24, 2.45) is 0 Å². The molecular formula is C19H15ClN4S. The molecule has 0 N–H and O–H groups in total. The zero-order valence-electron chi connectivity index (χ0n) is 13.6. The molecule has 4 rings (SSSR count). The molecule has 2 heterocycles. The second-order valence-electron chi connectivity index (χ2n) is 5.71. The number of hydrogen-bond donors (Lipinski definition) is 0. The Labute approximate surface area is 154 Å². The van der Waals surface area contributed by atoms with Crippen molar-refractivity contribution in [2.45, 2.75) is 17.7 Å². The third-order valence-electron chi connectivity index (χ3n) is 3.88. The second-order valence-corrected chi connectivity index (χ2v) is 7.11. The molecule has 6 heteroatoms. The van der Waals surface area contributed by atoms with E-state index in [1.54, 1.807) is 16.3 Å². The molecule has 4 aromatic rings. The van der Waals surface area contributed by atoms with Crippen molar-refractivity contribution in [3.05, 3.63) is 76.8 Å². The van der Waals surface area contributed by atoms with Crippen LogP contribution in [0.15, 0.2) is 65.7 Å². The van der Waals surface area contributed by atoms with Gasteiger partial charge in [0.15, 0.2) is 11.5 Å². The lowest BCUT2D eigenvalue weighted by molar-refractivity contribution is 0.860. The summed E-state index contributed by atoms with van der Waals surface area (Å²) in [5, 5.41) is 14.9. The number of hydrogen-bond acceptors (Lipinski definition) is 4. The predicted molar refractivity (Wildman–Crippen MR) is 102 cm³/mol. The smallest absolute Gasteiger partial charge is 0.185 e. The van der Waals surface area contributed by atoms with E-state index in [1.807, 2.05) is 48.5 Å². The number of fused-ring (bicyclic) bond motifs is 1. The summed E-state index contributed by atoms with van der Waals surface area (Å²) in [7, 11) is 0. The number of halogens is 1. The van der Waals surface area contributed by atoms with Crippen LogP contribution in [0.5, 0.6) is 0 Å². The standard InChI is InChI=1S/C19H15ClN4S/c1-13-6-8-14(9-7-13)19-22-21-17-10-11-18(23-24(17)19)25-12-15-4-2-3-5-16(15)20/h2-11H,12H2,1H3. The first-order chi connectivity index (χ1) is 12.2. The van der Waals surface area contributed by atoms with Crippen LogP contribution >= 0.6 is 23.4 Å². The van der Waals surface area contributed by atoms with Gasteiger partial charge in [-0.25, -0.2) is 0 Å². The highest BCUT2D eigenvalue weighted by molar-refractivity contribution is 7.98. The molecule has 124 valence electrons. The zero-order valence-corrected chi connectivity index (χ0v) is 15.1. The summed E-state index contributed by atoms with van der Waals surface area (Å²) in [6.07, 6.45) is 0. The fourth-order valence-corrected chi connectivity index (χ4v) is 3.64. The minimum absolute atomic E-state index is 0.734. The SMILES string of the molecule is Cc1ccc(-c2nnc3ccc(SCc4ccccc4Cl)nn23)cc1. The van der Waals surface area contributed by atoms with Crippen molar-refractivity contribution >= 4 is 29.0 Å². The molecule has 0 amide bonds. The molecule has 2 aromatic carbocycles. The Morgan fingerprint density at radius 2 is 1.76 bits per heavy atom. The third-order valence-corrected chi connectivity index (χ3v) is 5.22. The van der Waals surface area contributed by atoms with Crippen LogP contribution in [0.4, 0.5) is 0 Å². The molecule has 0 fully saturated rings. The van der Waals surface area contributed by atoms with Gasteiger partial charge in [0, 0.05) is 16.3 Å². The largest absolute Gasteiger partial charge is 0.192 e. The molecule has 0 bridgehead atoms. The quantitative estimate of drug-likeness (QED) is 0.474. The molecule has 0 radical (unpaired) electrons. The molecule has 4 nitrogen and oxygen atoms in total. The van der Waals surface area contributed by atoms with Crippen molar-refractivity contribution in [1.29, 1.82) is 0 Å². The van der Waals surface area contributed by atoms with Gasteiger partial charge in [0.25, 0.3) is 0 Å². The fourth-order valence-electron chi connectivity index (χ4n) is 2.50. The maximum Gasteiger partial charge on any atom is 0.185 e. The Morgan fingerprint density at radius 1 is 0.960 bits per heavy atom. The summed E-state index contributed by atoms with van der Waals surface area (Å²) in [4.78, 5) is 0. The van der Waals surface area contributed by atoms with Crippen LogP contribution in [-0.4, -0.2) is 19.8 Å². The van der Waals surface area contributed by atoms with Crippen molar-refractivity contribution in [1.82, 2.24) is 19.8 Å². The average Bonchev–Trinajstić information content (AvgIpc) is 3.05. The molecule has 0 aliphatic heterocycles. The summed E-state index contributed by atoms with van der Waals surface area (Å²) >= 11 is 7.87. The molecule has 0 spiro atoms. The van der Waals surface area contributed by atoms with Crippen molar-refractivity contribution in [2.75, 3.05) is 0 Å². The molecule has 0 aliphatic carbocycles. The molecule has 0 unspecified atom stereocenters. The van der Waals surface area contributed by atoms with Gasteiger partial charge in [-0.3, -0.25) is 0 Å². The van der Waals surface area contributed by atoms with Crippen LogP contribution in [0.25, 0.3) is 17.0 Å². The van der Waals surface area contributed by atoms with Crippen molar-refractivity contribution in [3.63, 3.8) is 0 Å². The number of aromatic nitrogens is 4. The van der Waals surface area contributed by atoms with Gasteiger partial charge in [-0.05, 0) is 30.7 Å². The summed E-state index contributed by atoms with van der Waals surface area (Å²) in [6, 6.07) is 20.0. The molecule has 0 saturated carbocycles. The van der Waals surface area contributed by atoms with Gasteiger partial charge >= 0.3 is 0 Å². The monoisotopic (exact) mass is 366 g/mol. The van der Waals surface area contributed by atoms with Crippen LogP contribution in [0.3, 0.4) is 0 Å². The van der Waals surface area contributed by atoms with Gasteiger partial charge in [-0.1, -0.05) is 71.4 Å². The number of benzene rings is 2. The van der Waals surface area contributed by atoms with E-state index in [4.69, 9.17) is 16.7 Å². The van der Waals surface area contributed by atoms with Crippen LogP contribution in [0, 0.1) is 6.92 Å². The molecule has 25 heavy (non-hydrogen) atoms. The van der Waals surface area contributed by atoms with E-state index in [2.05, 4.69) is 29.3 Å². The summed E-state index contributed by atoms with van der Waals surface area (Å²) in [5.41, 5.74) is 4.04. The Morgan fingerprint density at radius 3 is 2.56 bits per heavy atom. The number of rotatable bonds is 4. The molecule has 0 aliphatic rings. The molecule has 0 atom stereocenters. The fraction of sp³-hybridized carbons (Fsp3) is 0.105. The van der Waals surface area contributed by atoms with Gasteiger partial charge in [0.2, 0.25) is 0 Å². The first kappa shape index (κ1) is 16.1. The lowest BCUT2D eigenvalue weighted by Crippen LogP contribution is -1.96. The Kier molecular flexibility index (Phi) is 4.42. The van der Waals surface area contributed by atoms with Gasteiger partial charge in [0.05, 0.1) is 0 Å². The van der Waals surface area contributed by atoms with E-state index < -0.39 is 0 Å². The highest BCUT2D eigenvalue weighted by atomic mass is 35.5. The van der Waals surface area contributed by atoms with Gasteiger partial charge in [-0.15, -0.1) is 10.2 Å². The lowest BCUT2D eigenvalue weighted by atomic mass is 10.1. The second kappa shape index (κ2) is 6.86. The maximum absolute atomic E-state index is 6.23. The topological polar surface area (TPSA) is 43.1 Å². The summed E-state index contributed by atoms with van der Waals surface area (Å²) in [6.45, 7) is 2.06. The number of aryl methyl sites for hydroxylation is 1. The normalized spacial score (nSPS) is 11.1. The Balaban J connectivity index is 1.64. The van der Waals surface area contributed by atoms with E-state index in [-0.39, 0.29) is 0 Å². The highest BCUT2D eigenvalue weighted by Gasteiger charge is 2.10. The minimum atomic E-state index is 0.734. The summed E-state index contributed by atoms with van der Waals surface area (Å²) < 4.78 is 1.79. The predicted octanol–water partition coefficient (Wildman–Crippen LogP) is 5.05.